The average Bonchev–Trinajstić information content (AvgIpc) is 2.95. The van der Waals surface area contributed by atoms with Crippen LogP contribution in [-0.2, 0) is 14.3 Å². The average molecular weight is 301 g/mol. The molecule has 5 nitrogen and oxygen atoms in total. The lowest BCUT2D eigenvalue weighted by atomic mass is 9.81. The summed E-state index contributed by atoms with van der Waals surface area (Å²) in [5.41, 5.74) is -0.720. The molecule has 0 unspecified atom stereocenters. The van der Waals surface area contributed by atoms with Crippen LogP contribution < -0.4 is 4.90 Å². The molecule has 0 amide bonds. The van der Waals surface area contributed by atoms with Crippen molar-refractivity contribution in [1.82, 2.24) is 4.98 Å². The smallest absolute Gasteiger partial charge is 0.316 e. The molecule has 0 N–H and O–H groups in total. The Kier molecular flexibility index (Phi) is 3.30. The van der Waals surface area contributed by atoms with Crippen molar-refractivity contribution in [1.29, 1.82) is 0 Å². The van der Waals surface area contributed by atoms with E-state index >= 15 is 0 Å². The van der Waals surface area contributed by atoms with E-state index in [1.165, 1.54) is 19.4 Å². The summed E-state index contributed by atoms with van der Waals surface area (Å²) in [5, 5.41) is 0.247. The molecule has 7 heteroatoms. The van der Waals surface area contributed by atoms with E-state index in [0.717, 1.165) is 0 Å². The molecule has 0 aliphatic carbocycles. The summed E-state index contributed by atoms with van der Waals surface area (Å²) in [6, 6.07) is 1.22. The highest BCUT2D eigenvalue weighted by Crippen LogP contribution is 2.43. The number of rotatable bonds is 2. The Balaban J connectivity index is 1.90. The molecule has 1 aromatic heterocycles. The Morgan fingerprint density at radius 2 is 2.50 bits per heavy atom. The Morgan fingerprint density at radius 1 is 1.70 bits per heavy atom. The van der Waals surface area contributed by atoms with E-state index in [1.807, 2.05) is 0 Å². The summed E-state index contributed by atoms with van der Waals surface area (Å²) < 4.78 is 24.3. The van der Waals surface area contributed by atoms with Gasteiger partial charge in [-0.1, -0.05) is 11.6 Å². The molecule has 0 spiro atoms. The fourth-order valence-corrected chi connectivity index (χ4v) is 3.17. The van der Waals surface area contributed by atoms with Crippen LogP contribution in [0.15, 0.2) is 12.3 Å². The molecular formula is C13H14ClFN2O3. The van der Waals surface area contributed by atoms with Gasteiger partial charge in [0.2, 0.25) is 0 Å². The Labute approximate surface area is 120 Å². The van der Waals surface area contributed by atoms with Gasteiger partial charge >= 0.3 is 5.97 Å². The SMILES string of the molecule is COC(=O)[C@@]12COC[C@@H]1CN(c1ncc(Cl)cc1F)C2. The van der Waals surface area contributed by atoms with Crippen molar-refractivity contribution >= 4 is 23.4 Å². The highest BCUT2D eigenvalue weighted by molar-refractivity contribution is 6.30. The lowest BCUT2D eigenvalue weighted by Gasteiger charge is -2.24. The number of carbonyl (C=O) groups is 1. The van der Waals surface area contributed by atoms with Crippen molar-refractivity contribution in [3.05, 3.63) is 23.1 Å². The summed E-state index contributed by atoms with van der Waals surface area (Å²) in [4.78, 5) is 17.9. The number of pyridine rings is 1. The highest BCUT2D eigenvalue weighted by atomic mass is 35.5. The number of hydrogen-bond acceptors (Lipinski definition) is 5. The molecule has 20 heavy (non-hydrogen) atoms. The van der Waals surface area contributed by atoms with Crippen LogP contribution in [0.5, 0.6) is 0 Å². The number of ether oxygens (including phenoxy) is 2. The molecule has 3 heterocycles. The van der Waals surface area contributed by atoms with Crippen molar-refractivity contribution in [3.8, 4) is 0 Å². The number of methoxy groups -OCH3 is 1. The molecule has 1 aromatic rings. The summed E-state index contributed by atoms with van der Waals surface area (Å²) in [7, 11) is 1.36. The number of aromatic nitrogens is 1. The number of halogens is 2. The first kappa shape index (κ1) is 13.6. The van der Waals surface area contributed by atoms with Crippen molar-refractivity contribution in [2.75, 3.05) is 38.3 Å². The molecule has 2 fully saturated rings. The number of anilines is 1. The van der Waals surface area contributed by atoms with Gasteiger partial charge in [0.25, 0.3) is 0 Å². The zero-order chi connectivity index (χ0) is 14.3. The van der Waals surface area contributed by atoms with E-state index in [9.17, 15) is 9.18 Å². The summed E-state index contributed by atoms with van der Waals surface area (Å²) in [6.45, 7) is 1.63. The van der Waals surface area contributed by atoms with E-state index in [2.05, 4.69) is 4.98 Å². The normalized spacial score (nSPS) is 28.6. The zero-order valence-electron chi connectivity index (χ0n) is 10.9. The van der Waals surface area contributed by atoms with E-state index in [-0.39, 0.29) is 22.7 Å². The maximum absolute atomic E-state index is 14.0. The van der Waals surface area contributed by atoms with Gasteiger partial charge in [0, 0.05) is 25.2 Å². The zero-order valence-corrected chi connectivity index (χ0v) is 11.7. The minimum absolute atomic E-state index is 0.00757. The van der Waals surface area contributed by atoms with Crippen molar-refractivity contribution in [2.24, 2.45) is 11.3 Å². The van der Waals surface area contributed by atoms with Crippen LogP contribution >= 0.6 is 11.6 Å². The van der Waals surface area contributed by atoms with Gasteiger partial charge in [-0.15, -0.1) is 0 Å². The van der Waals surface area contributed by atoms with E-state index in [4.69, 9.17) is 21.1 Å². The molecule has 0 radical (unpaired) electrons. The lowest BCUT2D eigenvalue weighted by molar-refractivity contribution is -0.152. The fraction of sp³-hybridized carbons (Fsp3) is 0.538. The Hall–Kier alpha value is -1.40. The van der Waals surface area contributed by atoms with Gasteiger partial charge in [-0.25, -0.2) is 9.37 Å². The second-order valence-electron chi connectivity index (χ2n) is 5.20. The number of esters is 1. The van der Waals surface area contributed by atoms with Crippen molar-refractivity contribution in [3.63, 3.8) is 0 Å². The van der Waals surface area contributed by atoms with Gasteiger partial charge in [-0.2, -0.15) is 0 Å². The van der Waals surface area contributed by atoms with Crippen LogP contribution in [0, 0.1) is 17.2 Å². The second kappa shape index (κ2) is 4.86. The van der Waals surface area contributed by atoms with E-state index in [0.29, 0.717) is 26.3 Å². The number of carbonyl (C=O) groups excluding carboxylic acids is 1. The second-order valence-corrected chi connectivity index (χ2v) is 5.64. The molecule has 0 saturated carbocycles. The lowest BCUT2D eigenvalue weighted by Crippen LogP contribution is -2.40. The number of fused-ring (bicyclic) bond motifs is 1. The third-order valence-corrected chi connectivity index (χ3v) is 4.26. The molecule has 2 aliphatic heterocycles. The Morgan fingerprint density at radius 3 is 3.20 bits per heavy atom. The quantitative estimate of drug-likeness (QED) is 0.775. The van der Waals surface area contributed by atoms with Crippen LogP contribution in [0.1, 0.15) is 0 Å². The largest absolute Gasteiger partial charge is 0.468 e. The fourth-order valence-electron chi connectivity index (χ4n) is 3.03. The van der Waals surface area contributed by atoms with Gasteiger partial charge < -0.3 is 14.4 Å². The molecule has 0 aromatic carbocycles. The van der Waals surface area contributed by atoms with E-state index < -0.39 is 11.2 Å². The highest BCUT2D eigenvalue weighted by Gasteiger charge is 2.57. The summed E-state index contributed by atoms with van der Waals surface area (Å²) >= 11 is 5.70. The molecular weight excluding hydrogens is 287 g/mol. The van der Waals surface area contributed by atoms with Gasteiger partial charge in [0.1, 0.15) is 5.41 Å². The monoisotopic (exact) mass is 300 g/mol. The molecule has 108 valence electrons. The molecule has 0 bridgehead atoms. The van der Waals surface area contributed by atoms with Crippen LogP contribution in [0.25, 0.3) is 0 Å². The topological polar surface area (TPSA) is 51.7 Å². The maximum atomic E-state index is 14.0. The molecule has 2 atom stereocenters. The first-order chi connectivity index (χ1) is 9.56. The van der Waals surface area contributed by atoms with Crippen molar-refractivity contribution < 1.29 is 18.7 Å². The summed E-state index contributed by atoms with van der Waals surface area (Å²) in [5.74, 6) is -0.589. The van der Waals surface area contributed by atoms with Gasteiger partial charge in [0.05, 0.1) is 25.3 Å². The van der Waals surface area contributed by atoms with Gasteiger partial charge in [-0.05, 0) is 6.07 Å². The van der Waals surface area contributed by atoms with Crippen molar-refractivity contribution in [2.45, 2.75) is 0 Å². The predicted octanol–water partition coefficient (Wildman–Crippen LogP) is 1.50. The molecule has 2 saturated heterocycles. The minimum atomic E-state index is -0.720. The third kappa shape index (κ3) is 1.94. The van der Waals surface area contributed by atoms with Crippen LogP contribution in [0.2, 0.25) is 5.02 Å². The standard InChI is InChI=1S/C13H14ClFN2O3/c1-19-12(18)13-6-17(4-8(13)5-20-7-13)11-10(15)2-9(14)3-16-11/h2-3,8H,4-7H2,1H3/t8-,13-/m0/s1. The van der Waals surface area contributed by atoms with E-state index in [1.54, 1.807) is 4.90 Å². The maximum Gasteiger partial charge on any atom is 0.316 e. The first-order valence-electron chi connectivity index (χ1n) is 6.29. The predicted molar refractivity (Wildman–Crippen MR) is 70.2 cm³/mol. The third-order valence-electron chi connectivity index (χ3n) is 4.05. The molecule has 3 rings (SSSR count). The first-order valence-corrected chi connectivity index (χ1v) is 6.67. The summed E-state index contributed by atoms with van der Waals surface area (Å²) in [6.07, 6.45) is 1.40. The minimum Gasteiger partial charge on any atom is -0.468 e. The van der Waals surface area contributed by atoms with Gasteiger partial charge in [-0.3, -0.25) is 4.79 Å². The van der Waals surface area contributed by atoms with Gasteiger partial charge in [0.15, 0.2) is 11.6 Å². The van der Waals surface area contributed by atoms with Crippen LogP contribution in [-0.4, -0.2) is 44.4 Å². The van der Waals surface area contributed by atoms with Crippen LogP contribution in [0.4, 0.5) is 10.2 Å². The number of nitrogens with zero attached hydrogens (tertiary/aromatic N) is 2. The Bertz CT molecular complexity index is 556. The molecule has 2 aliphatic rings. The number of hydrogen-bond donors (Lipinski definition) is 0. The van der Waals surface area contributed by atoms with Crippen LogP contribution in [0.3, 0.4) is 0 Å².